The molecule has 1 saturated heterocycles. The van der Waals surface area contributed by atoms with E-state index in [4.69, 9.17) is 0 Å². The maximum atomic E-state index is 9.40. The van der Waals surface area contributed by atoms with E-state index in [0.29, 0.717) is 12.1 Å². The van der Waals surface area contributed by atoms with Gasteiger partial charge in [-0.3, -0.25) is 4.90 Å². The van der Waals surface area contributed by atoms with Crippen LogP contribution >= 0.6 is 0 Å². The Labute approximate surface area is 112 Å². The summed E-state index contributed by atoms with van der Waals surface area (Å²) in [7, 11) is 2.21. The van der Waals surface area contributed by atoms with Crippen molar-refractivity contribution in [1.82, 2.24) is 9.80 Å². The van der Waals surface area contributed by atoms with Crippen LogP contribution in [-0.4, -0.2) is 48.6 Å². The van der Waals surface area contributed by atoms with E-state index in [-0.39, 0.29) is 5.92 Å². The van der Waals surface area contributed by atoms with E-state index >= 15 is 0 Å². The Balaban J connectivity index is 2.09. The van der Waals surface area contributed by atoms with E-state index in [0.717, 1.165) is 18.9 Å². The summed E-state index contributed by atoms with van der Waals surface area (Å²) >= 11 is 0. The summed E-state index contributed by atoms with van der Waals surface area (Å²) in [4.78, 5) is 5.06. The van der Waals surface area contributed by atoms with Gasteiger partial charge in [-0.25, -0.2) is 0 Å². The topological polar surface area (TPSA) is 30.3 Å². The van der Waals surface area contributed by atoms with Crippen molar-refractivity contribution in [2.24, 2.45) is 11.8 Å². The monoisotopic (exact) mass is 249 g/mol. The van der Waals surface area contributed by atoms with Crippen LogP contribution in [0.4, 0.5) is 0 Å². The molecule has 0 spiro atoms. The van der Waals surface area contributed by atoms with Gasteiger partial charge in [0.25, 0.3) is 0 Å². The molecule has 4 unspecified atom stereocenters. The maximum absolute atomic E-state index is 9.40. The van der Waals surface area contributed by atoms with Crippen molar-refractivity contribution in [2.75, 3.05) is 26.7 Å². The average Bonchev–Trinajstić information content (AvgIpc) is 2.50. The standard InChI is InChI=1S/C15H27N3/c1-12-5-6-14(10-16)15(9-12)18-8-4-7-17(3)11-13(18)2/h12-15H,4-9,11H2,1-3H3. The van der Waals surface area contributed by atoms with Crippen molar-refractivity contribution in [2.45, 2.75) is 51.6 Å². The molecular formula is C15H27N3. The third-order valence-corrected chi connectivity index (χ3v) is 4.77. The van der Waals surface area contributed by atoms with Gasteiger partial charge in [0.05, 0.1) is 12.0 Å². The van der Waals surface area contributed by atoms with Crippen molar-refractivity contribution in [1.29, 1.82) is 5.26 Å². The van der Waals surface area contributed by atoms with Crippen LogP contribution in [0.3, 0.4) is 0 Å². The molecule has 2 fully saturated rings. The number of rotatable bonds is 1. The van der Waals surface area contributed by atoms with Crippen LogP contribution in [0, 0.1) is 23.2 Å². The lowest BCUT2D eigenvalue weighted by Crippen LogP contribution is -2.49. The van der Waals surface area contributed by atoms with Gasteiger partial charge in [-0.1, -0.05) is 6.92 Å². The fourth-order valence-corrected chi connectivity index (χ4v) is 3.75. The molecule has 0 N–H and O–H groups in total. The average molecular weight is 249 g/mol. The molecule has 0 aromatic heterocycles. The van der Waals surface area contributed by atoms with E-state index in [1.165, 1.54) is 32.4 Å². The van der Waals surface area contributed by atoms with Crippen molar-refractivity contribution < 1.29 is 0 Å². The molecule has 4 atom stereocenters. The van der Waals surface area contributed by atoms with Crippen LogP contribution in [0.1, 0.15) is 39.5 Å². The van der Waals surface area contributed by atoms with Gasteiger partial charge < -0.3 is 4.90 Å². The smallest absolute Gasteiger partial charge is 0.0672 e. The SMILES string of the molecule is CC1CCC(C#N)C(N2CCCN(C)CC2C)C1. The molecule has 18 heavy (non-hydrogen) atoms. The minimum atomic E-state index is 0.257. The summed E-state index contributed by atoms with van der Waals surface area (Å²) in [6.07, 6.45) is 4.79. The molecule has 2 rings (SSSR count). The lowest BCUT2D eigenvalue weighted by Gasteiger charge is -2.42. The molecule has 0 radical (unpaired) electrons. The fraction of sp³-hybridized carbons (Fsp3) is 0.933. The second kappa shape index (κ2) is 6.04. The highest BCUT2D eigenvalue weighted by molar-refractivity contribution is 4.98. The van der Waals surface area contributed by atoms with Crippen LogP contribution in [-0.2, 0) is 0 Å². The fourth-order valence-electron chi connectivity index (χ4n) is 3.75. The summed E-state index contributed by atoms with van der Waals surface area (Å²) in [5.41, 5.74) is 0. The van der Waals surface area contributed by atoms with Crippen molar-refractivity contribution >= 4 is 0 Å². The third-order valence-electron chi connectivity index (χ3n) is 4.77. The predicted octanol–water partition coefficient (Wildman–Crippen LogP) is 2.34. The highest BCUT2D eigenvalue weighted by atomic mass is 15.2. The van der Waals surface area contributed by atoms with E-state index in [9.17, 15) is 5.26 Å². The highest BCUT2D eigenvalue weighted by Crippen LogP contribution is 2.33. The van der Waals surface area contributed by atoms with Crippen molar-refractivity contribution in [3.8, 4) is 6.07 Å². The third kappa shape index (κ3) is 3.05. The molecule has 3 heteroatoms. The van der Waals surface area contributed by atoms with Crippen LogP contribution < -0.4 is 0 Å². The quantitative estimate of drug-likeness (QED) is 0.714. The lowest BCUT2D eigenvalue weighted by atomic mass is 9.78. The highest BCUT2D eigenvalue weighted by Gasteiger charge is 2.35. The Morgan fingerprint density at radius 3 is 2.67 bits per heavy atom. The van der Waals surface area contributed by atoms with E-state index in [1.54, 1.807) is 0 Å². The molecule has 1 saturated carbocycles. The van der Waals surface area contributed by atoms with Crippen LogP contribution in [0.2, 0.25) is 0 Å². The molecule has 0 bridgehead atoms. The van der Waals surface area contributed by atoms with Gasteiger partial charge in [-0.15, -0.1) is 0 Å². The number of hydrogen-bond donors (Lipinski definition) is 0. The Kier molecular flexibility index (Phi) is 4.64. The molecule has 0 amide bonds. The first-order valence-corrected chi connectivity index (χ1v) is 7.45. The van der Waals surface area contributed by atoms with Gasteiger partial charge in [0, 0.05) is 25.2 Å². The van der Waals surface area contributed by atoms with E-state index in [2.05, 4.69) is 36.8 Å². The molecule has 1 aliphatic heterocycles. The first kappa shape index (κ1) is 13.8. The normalized spacial score (nSPS) is 40.1. The largest absolute Gasteiger partial charge is 0.305 e. The second-order valence-corrected chi connectivity index (χ2v) is 6.42. The number of nitriles is 1. The maximum Gasteiger partial charge on any atom is 0.0672 e. The Morgan fingerprint density at radius 1 is 1.17 bits per heavy atom. The zero-order chi connectivity index (χ0) is 13.1. The van der Waals surface area contributed by atoms with Gasteiger partial charge in [0.15, 0.2) is 0 Å². The molecule has 1 heterocycles. The molecule has 3 nitrogen and oxygen atoms in total. The summed E-state index contributed by atoms with van der Waals surface area (Å²) < 4.78 is 0. The first-order chi connectivity index (χ1) is 8.61. The summed E-state index contributed by atoms with van der Waals surface area (Å²) in [6, 6.07) is 3.66. The summed E-state index contributed by atoms with van der Waals surface area (Å²) in [6.45, 7) is 8.18. The zero-order valence-electron chi connectivity index (χ0n) is 12.1. The summed E-state index contributed by atoms with van der Waals surface area (Å²) in [5.74, 6) is 1.04. The Morgan fingerprint density at radius 2 is 1.94 bits per heavy atom. The molecule has 0 aromatic carbocycles. The molecule has 0 aromatic rings. The van der Waals surface area contributed by atoms with E-state index < -0.39 is 0 Å². The minimum Gasteiger partial charge on any atom is -0.305 e. The van der Waals surface area contributed by atoms with E-state index in [1.807, 2.05) is 0 Å². The van der Waals surface area contributed by atoms with Crippen molar-refractivity contribution in [3.63, 3.8) is 0 Å². The predicted molar refractivity (Wildman–Crippen MR) is 74.2 cm³/mol. The van der Waals surface area contributed by atoms with Gasteiger partial charge in [-0.05, 0) is 52.1 Å². The van der Waals surface area contributed by atoms with Gasteiger partial charge in [0.2, 0.25) is 0 Å². The minimum absolute atomic E-state index is 0.257. The lowest BCUT2D eigenvalue weighted by molar-refractivity contribution is 0.0733. The number of hydrogen-bond acceptors (Lipinski definition) is 3. The first-order valence-electron chi connectivity index (χ1n) is 7.45. The van der Waals surface area contributed by atoms with Gasteiger partial charge in [-0.2, -0.15) is 5.26 Å². The van der Waals surface area contributed by atoms with Crippen LogP contribution in [0.15, 0.2) is 0 Å². The summed E-state index contributed by atoms with van der Waals surface area (Å²) in [5, 5.41) is 9.40. The van der Waals surface area contributed by atoms with Crippen molar-refractivity contribution in [3.05, 3.63) is 0 Å². The van der Waals surface area contributed by atoms with Crippen LogP contribution in [0.5, 0.6) is 0 Å². The van der Waals surface area contributed by atoms with Crippen LogP contribution in [0.25, 0.3) is 0 Å². The molecule has 102 valence electrons. The Bertz CT molecular complexity index is 309. The number of nitrogens with zero attached hydrogens (tertiary/aromatic N) is 3. The molecule has 1 aliphatic carbocycles. The van der Waals surface area contributed by atoms with Gasteiger partial charge in [0.1, 0.15) is 0 Å². The van der Waals surface area contributed by atoms with Gasteiger partial charge >= 0.3 is 0 Å². The second-order valence-electron chi connectivity index (χ2n) is 6.42. The number of likely N-dealkylation sites (N-methyl/N-ethyl adjacent to an activating group) is 1. The molecular weight excluding hydrogens is 222 g/mol. The molecule has 2 aliphatic rings. The zero-order valence-corrected chi connectivity index (χ0v) is 12.1. The Hall–Kier alpha value is -0.590.